The highest BCUT2D eigenvalue weighted by Crippen LogP contribution is 2.37. The highest BCUT2D eigenvalue weighted by molar-refractivity contribution is 6.32. The summed E-state index contributed by atoms with van der Waals surface area (Å²) in [6, 6.07) is 15.8. The molecule has 31 heavy (non-hydrogen) atoms. The van der Waals surface area contributed by atoms with Gasteiger partial charge in [-0.15, -0.1) is 0 Å². The molecule has 3 rings (SSSR count). The largest absolute Gasteiger partial charge is 0.490 e. The van der Waals surface area contributed by atoms with Crippen molar-refractivity contribution in [2.45, 2.75) is 26.5 Å². The maximum atomic E-state index is 13.9. The van der Waals surface area contributed by atoms with Gasteiger partial charge < -0.3 is 19.5 Å². The zero-order valence-electron chi connectivity index (χ0n) is 17.4. The number of aromatic nitrogens is 1. The van der Waals surface area contributed by atoms with Crippen molar-refractivity contribution < 1.29 is 18.6 Å². The van der Waals surface area contributed by atoms with Gasteiger partial charge in [0, 0.05) is 24.4 Å². The summed E-state index contributed by atoms with van der Waals surface area (Å²) in [5, 5.41) is 3.79. The van der Waals surface area contributed by atoms with Crippen molar-refractivity contribution in [3.05, 3.63) is 82.8 Å². The number of hydrogen-bond donors (Lipinski definition) is 1. The topological polar surface area (TPSA) is 52.6 Å². The van der Waals surface area contributed by atoms with Gasteiger partial charge in [-0.25, -0.2) is 9.37 Å². The van der Waals surface area contributed by atoms with Gasteiger partial charge in [0.15, 0.2) is 11.5 Å². The summed E-state index contributed by atoms with van der Waals surface area (Å²) in [5.74, 6) is 1.27. The molecular formula is C24H26ClFN2O3. The van der Waals surface area contributed by atoms with E-state index in [0.29, 0.717) is 47.7 Å². The van der Waals surface area contributed by atoms with Crippen LogP contribution in [-0.4, -0.2) is 24.7 Å². The van der Waals surface area contributed by atoms with Crippen LogP contribution in [0.25, 0.3) is 0 Å². The van der Waals surface area contributed by atoms with Crippen molar-refractivity contribution in [3.8, 4) is 17.4 Å². The molecule has 3 aromatic rings. The standard InChI is InChI=1S/C24H26ClFN2O3/c1-2-29-22-15-18(16-27-11-7-13-30-23-10-5-6-12-28-23)14-20(25)24(22)31-17-19-8-3-4-9-21(19)26/h3-6,8-10,12,14-15,27H,2,7,11,13,16-17H2,1H3. The molecule has 1 N–H and O–H groups in total. The summed E-state index contributed by atoms with van der Waals surface area (Å²) in [5.41, 5.74) is 1.43. The van der Waals surface area contributed by atoms with Gasteiger partial charge in [0.1, 0.15) is 12.4 Å². The summed E-state index contributed by atoms with van der Waals surface area (Å²) in [4.78, 5) is 4.12. The highest BCUT2D eigenvalue weighted by atomic mass is 35.5. The van der Waals surface area contributed by atoms with E-state index in [4.69, 9.17) is 25.8 Å². The van der Waals surface area contributed by atoms with Gasteiger partial charge in [0.05, 0.1) is 18.2 Å². The minimum absolute atomic E-state index is 0.0698. The molecule has 0 aliphatic rings. The average molecular weight is 445 g/mol. The van der Waals surface area contributed by atoms with E-state index < -0.39 is 0 Å². The monoisotopic (exact) mass is 444 g/mol. The fourth-order valence-electron chi connectivity index (χ4n) is 2.93. The van der Waals surface area contributed by atoms with Crippen molar-refractivity contribution in [2.75, 3.05) is 19.8 Å². The second kappa shape index (κ2) is 12.1. The smallest absolute Gasteiger partial charge is 0.213 e. The number of halogens is 2. The van der Waals surface area contributed by atoms with Gasteiger partial charge in [-0.05, 0) is 49.7 Å². The third-order valence-corrected chi connectivity index (χ3v) is 4.69. The van der Waals surface area contributed by atoms with E-state index in [1.807, 2.05) is 37.3 Å². The second-order valence-corrected chi connectivity index (χ2v) is 7.17. The molecule has 0 radical (unpaired) electrons. The Bertz CT molecular complexity index is 957. The average Bonchev–Trinajstić information content (AvgIpc) is 2.77. The van der Waals surface area contributed by atoms with Crippen LogP contribution < -0.4 is 19.5 Å². The molecule has 0 aliphatic heterocycles. The van der Waals surface area contributed by atoms with E-state index in [9.17, 15) is 4.39 Å². The Kier molecular flexibility index (Phi) is 8.94. The lowest BCUT2D eigenvalue weighted by Gasteiger charge is -2.16. The van der Waals surface area contributed by atoms with Crippen LogP contribution in [0.2, 0.25) is 5.02 Å². The van der Waals surface area contributed by atoms with Crippen molar-refractivity contribution in [1.82, 2.24) is 10.3 Å². The fraction of sp³-hybridized carbons (Fsp3) is 0.292. The van der Waals surface area contributed by atoms with Crippen LogP contribution in [0.5, 0.6) is 17.4 Å². The van der Waals surface area contributed by atoms with E-state index in [2.05, 4.69) is 10.3 Å². The summed E-state index contributed by atoms with van der Waals surface area (Å²) in [7, 11) is 0. The van der Waals surface area contributed by atoms with Crippen LogP contribution in [0.15, 0.2) is 60.8 Å². The number of nitrogens with one attached hydrogen (secondary N) is 1. The van der Waals surface area contributed by atoms with Crippen molar-refractivity contribution in [1.29, 1.82) is 0 Å². The molecule has 5 nitrogen and oxygen atoms in total. The first kappa shape index (κ1) is 22.8. The van der Waals surface area contributed by atoms with Crippen molar-refractivity contribution >= 4 is 11.6 Å². The number of pyridine rings is 1. The zero-order valence-corrected chi connectivity index (χ0v) is 18.2. The Morgan fingerprint density at radius 2 is 1.87 bits per heavy atom. The van der Waals surface area contributed by atoms with Gasteiger partial charge in [0.2, 0.25) is 5.88 Å². The molecule has 0 bridgehead atoms. The molecule has 0 saturated carbocycles. The lowest BCUT2D eigenvalue weighted by Crippen LogP contribution is -2.17. The zero-order chi connectivity index (χ0) is 21.9. The van der Waals surface area contributed by atoms with Crippen LogP contribution in [0.3, 0.4) is 0 Å². The maximum absolute atomic E-state index is 13.9. The molecule has 0 amide bonds. The lowest BCUT2D eigenvalue weighted by atomic mass is 10.2. The Morgan fingerprint density at radius 3 is 2.65 bits per heavy atom. The molecule has 0 fully saturated rings. The third kappa shape index (κ3) is 7.12. The summed E-state index contributed by atoms with van der Waals surface area (Å²) >= 11 is 6.45. The van der Waals surface area contributed by atoms with E-state index in [1.165, 1.54) is 6.07 Å². The lowest BCUT2D eigenvalue weighted by molar-refractivity contribution is 0.265. The first-order valence-electron chi connectivity index (χ1n) is 10.2. The Labute approximate surface area is 187 Å². The second-order valence-electron chi connectivity index (χ2n) is 6.76. The first-order chi connectivity index (χ1) is 15.2. The Balaban J connectivity index is 1.52. The molecule has 1 aromatic heterocycles. The van der Waals surface area contributed by atoms with Crippen LogP contribution in [-0.2, 0) is 13.2 Å². The third-order valence-electron chi connectivity index (χ3n) is 4.41. The molecule has 0 aliphatic carbocycles. The SMILES string of the molecule is CCOc1cc(CNCCCOc2ccccn2)cc(Cl)c1OCc1ccccc1F. The van der Waals surface area contributed by atoms with E-state index in [-0.39, 0.29) is 12.4 Å². The molecule has 0 atom stereocenters. The molecular weight excluding hydrogens is 419 g/mol. The molecule has 0 unspecified atom stereocenters. The van der Waals surface area contributed by atoms with Crippen LogP contribution in [0, 0.1) is 5.82 Å². The normalized spacial score (nSPS) is 10.7. The predicted molar refractivity (Wildman–Crippen MR) is 119 cm³/mol. The number of rotatable bonds is 12. The maximum Gasteiger partial charge on any atom is 0.213 e. The summed E-state index contributed by atoms with van der Waals surface area (Å²) < 4.78 is 31.0. The van der Waals surface area contributed by atoms with Crippen molar-refractivity contribution in [3.63, 3.8) is 0 Å². The molecule has 0 spiro atoms. The Morgan fingerprint density at radius 1 is 1.03 bits per heavy atom. The highest BCUT2D eigenvalue weighted by Gasteiger charge is 2.14. The quantitative estimate of drug-likeness (QED) is 0.378. The predicted octanol–water partition coefficient (Wildman–Crippen LogP) is 5.41. The van der Waals surface area contributed by atoms with Gasteiger partial charge in [-0.3, -0.25) is 0 Å². The summed E-state index contributed by atoms with van der Waals surface area (Å²) in [6.07, 6.45) is 2.55. The number of hydrogen-bond acceptors (Lipinski definition) is 5. The molecule has 2 aromatic carbocycles. The summed E-state index contributed by atoms with van der Waals surface area (Å²) in [6.45, 7) is 4.41. The molecule has 1 heterocycles. The van der Waals surface area contributed by atoms with Gasteiger partial charge in [-0.2, -0.15) is 0 Å². The minimum Gasteiger partial charge on any atom is -0.490 e. The van der Waals surface area contributed by atoms with E-state index in [0.717, 1.165) is 18.5 Å². The number of ether oxygens (including phenoxy) is 3. The van der Waals surface area contributed by atoms with Crippen molar-refractivity contribution in [2.24, 2.45) is 0 Å². The van der Waals surface area contributed by atoms with Gasteiger partial charge >= 0.3 is 0 Å². The molecule has 164 valence electrons. The fourth-order valence-corrected chi connectivity index (χ4v) is 3.22. The van der Waals surface area contributed by atoms with Gasteiger partial charge in [0.25, 0.3) is 0 Å². The Hall–Kier alpha value is -2.83. The van der Waals surface area contributed by atoms with E-state index in [1.54, 1.807) is 24.4 Å². The minimum atomic E-state index is -0.315. The van der Waals surface area contributed by atoms with Crippen LogP contribution in [0.1, 0.15) is 24.5 Å². The van der Waals surface area contributed by atoms with Crippen LogP contribution >= 0.6 is 11.6 Å². The first-order valence-corrected chi connectivity index (χ1v) is 10.6. The van der Waals surface area contributed by atoms with E-state index >= 15 is 0 Å². The van der Waals surface area contributed by atoms with Gasteiger partial charge in [-0.1, -0.05) is 35.9 Å². The number of benzene rings is 2. The number of nitrogens with zero attached hydrogens (tertiary/aromatic N) is 1. The molecule has 7 heteroatoms. The van der Waals surface area contributed by atoms with Crippen LogP contribution in [0.4, 0.5) is 4.39 Å². The molecule has 0 saturated heterocycles.